The largest absolute Gasteiger partial charge is 0.376 e. The molecule has 0 spiro atoms. The number of sulfonamides is 1. The van der Waals surface area contributed by atoms with E-state index in [1.807, 2.05) is 45.9 Å². The predicted octanol–water partition coefficient (Wildman–Crippen LogP) is 7.96. The fourth-order valence-electron chi connectivity index (χ4n) is 4.39. The van der Waals surface area contributed by atoms with Crippen LogP contribution in [-0.2, 0) is 14.8 Å². The Labute approximate surface area is 244 Å². The fraction of sp³-hybridized carbons (Fsp3) is 0.469. The Hall–Kier alpha value is -2.70. The van der Waals surface area contributed by atoms with Crippen molar-refractivity contribution in [2.24, 2.45) is 0 Å². The molecule has 3 rings (SSSR count). The number of nitrogens with zero attached hydrogens (tertiary/aromatic N) is 2. The van der Waals surface area contributed by atoms with Crippen LogP contribution in [0.25, 0.3) is 27.3 Å². The number of hydrogen-bond acceptors (Lipinski definition) is 6. The maximum Gasteiger partial charge on any atom is 0.251 e. The molecule has 1 aromatic heterocycles. The average molecular weight is 582 g/mol. The van der Waals surface area contributed by atoms with Crippen molar-refractivity contribution in [2.75, 3.05) is 24.6 Å². The van der Waals surface area contributed by atoms with Gasteiger partial charge in [-0.25, -0.2) is 13.1 Å². The van der Waals surface area contributed by atoms with Crippen molar-refractivity contribution in [1.29, 1.82) is 5.26 Å². The smallest absolute Gasteiger partial charge is 0.251 e. The number of hydrogen-bond donors (Lipinski definition) is 1. The van der Waals surface area contributed by atoms with Gasteiger partial charge in [-0.15, -0.1) is 11.3 Å². The highest BCUT2D eigenvalue weighted by atomic mass is 32.2. The van der Waals surface area contributed by atoms with Crippen molar-refractivity contribution in [3.05, 3.63) is 58.3 Å². The van der Waals surface area contributed by atoms with Crippen LogP contribution < -0.4 is 9.62 Å². The summed E-state index contributed by atoms with van der Waals surface area (Å²) in [5, 5.41) is 12.1. The van der Waals surface area contributed by atoms with Crippen LogP contribution in [0.3, 0.4) is 0 Å². The first-order chi connectivity index (χ1) is 18.9. The average Bonchev–Trinajstić information content (AvgIpc) is 3.40. The van der Waals surface area contributed by atoms with Crippen molar-refractivity contribution < 1.29 is 13.2 Å². The zero-order valence-corrected chi connectivity index (χ0v) is 26.5. The summed E-state index contributed by atoms with van der Waals surface area (Å²) in [5.74, 6) is 0. The summed E-state index contributed by atoms with van der Waals surface area (Å²) < 4.78 is 35.2. The highest BCUT2D eigenvalue weighted by Crippen LogP contribution is 2.33. The number of nitrogens with one attached hydrogen (secondary N) is 1. The second-order valence-electron chi connectivity index (χ2n) is 11.0. The molecule has 0 amide bonds. The summed E-state index contributed by atoms with van der Waals surface area (Å²) in [4.78, 5) is 3.75. The van der Waals surface area contributed by atoms with Crippen molar-refractivity contribution >= 4 is 43.9 Å². The second kappa shape index (κ2) is 13.3. The van der Waals surface area contributed by atoms with Crippen LogP contribution in [0.2, 0.25) is 0 Å². The molecule has 8 heteroatoms. The molecule has 0 saturated heterocycles. The van der Waals surface area contributed by atoms with Gasteiger partial charge in [0, 0.05) is 40.7 Å². The van der Waals surface area contributed by atoms with Crippen LogP contribution in [0, 0.1) is 11.3 Å². The summed E-state index contributed by atoms with van der Waals surface area (Å²) in [6, 6.07) is 18.6. The van der Waals surface area contributed by atoms with E-state index >= 15 is 0 Å². The van der Waals surface area contributed by atoms with Gasteiger partial charge in [0.15, 0.2) is 4.91 Å². The summed E-state index contributed by atoms with van der Waals surface area (Å²) >= 11 is 1.46. The maximum absolute atomic E-state index is 13.3. The van der Waals surface area contributed by atoms with Gasteiger partial charge in [-0.05, 0) is 107 Å². The Morgan fingerprint density at radius 2 is 1.68 bits per heavy atom. The minimum absolute atomic E-state index is 0.262. The lowest BCUT2D eigenvalue weighted by atomic mass is 9.96. The molecule has 0 aliphatic heterocycles. The third-order valence-corrected chi connectivity index (χ3v) is 10.3. The Bertz CT molecular complexity index is 1480. The van der Waals surface area contributed by atoms with E-state index in [4.69, 9.17) is 4.74 Å². The van der Waals surface area contributed by atoms with E-state index in [-0.39, 0.29) is 10.5 Å². The molecule has 6 nitrogen and oxygen atoms in total. The quantitative estimate of drug-likeness (QED) is 0.195. The van der Waals surface area contributed by atoms with E-state index in [1.165, 1.54) is 28.5 Å². The zero-order chi connectivity index (χ0) is 29.6. The van der Waals surface area contributed by atoms with E-state index in [0.29, 0.717) is 24.3 Å². The molecule has 1 heterocycles. The van der Waals surface area contributed by atoms with E-state index in [1.54, 1.807) is 0 Å². The highest BCUT2D eigenvalue weighted by Gasteiger charge is 2.31. The predicted molar refractivity (Wildman–Crippen MR) is 170 cm³/mol. The van der Waals surface area contributed by atoms with Crippen LogP contribution in [-0.4, -0.2) is 39.3 Å². The molecular formula is C32H43N3O3S2. The minimum Gasteiger partial charge on any atom is -0.376 e. The number of anilines is 1. The number of rotatable bonds is 14. The molecule has 2 aromatic carbocycles. The summed E-state index contributed by atoms with van der Waals surface area (Å²) in [5.41, 5.74) is 1.28. The van der Waals surface area contributed by atoms with E-state index < -0.39 is 15.6 Å². The van der Waals surface area contributed by atoms with Crippen molar-refractivity contribution in [1.82, 2.24) is 4.72 Å². The Morgan fingerprint density at radius 1 is 1.00 bits per heavy atom. The van der Waals surface area contributed by atoms with Crippen LogP contribution in [0.5, 0.6) is 0 Å². The lowest BCUT2D eigenvalue weighted by Gasteiger charge is -2.31. The van der Waals surface area contributed by atoms with E-state index in [9.17, 15) is 13.7 Å². The molecule has 216 valence electrons. The molecule has 0 bridgehead atoms. The Balaban J connectivity index is 1.80. The van der Waals surface area contributed by atoms with Gasteiger partial charge < -0.3 is 9.64 Å². The third kappa shape index (κ3) is 7.94. The molecule has 0 aliphatic rings. The molecule has 0 saturated carbocycles. The van der Waals surface area contributed by atoms with Crippen molar-refractivity contribution in [3.8, 4) is 16.5 Å². The standard InChI is InChI=1S/C32H43N3O3S2/c1-8-31(5,6)38-19-18-32(7,9-2)34-40(36,37)29(23-33)22-28-16-17-30(39-28)26-13-12-25-21-27(35(10-3)11-4)15-14-24(25)20-26/h12-17,20-22,34H,8-11,18-19H2,1-7H3. The summed E-state index contributed by atoms with van der Waals surface area (Å²) in [6.45, 7) is 16.6. The van der Waals surface area contributed by atoms with Gasteiger partial charge in [0.2, 0.25) is 0 Å². The second-order valence-corrected chi connectivity index (χ2v) is 13.7. The number of benzene rings is 2. The molecule has 40 heavy (non-hydrogen) atoms. The van der Waals surface area contributed by atoms with Gasteiger partial charge in [0.05, 0.1) is 5.60 Å². The number of fused-ring (bicyclic) bond motifs is 1. The first-order valence-electron chi connectivity index (χ1n) is 14.1. The molecular weight excluding hydrogens is 539 g/mol. The van der Waals surface area contributed by atoms with E-state index in [0.717, 1.165) is 35.3 Å². The van der Waals surface area contributed by atoms with Gasteiger partial charge in [-0.2, -0.15) is 5.26 Å². The maximum atomic E-state index is 13.3. The fourth-order valence-corrected chi connectivity index (χ4v) is 6.82. The van der Waals surface area contributed by atoms with Gasteiger partial charge >= 0.3 is 0 Å². The first-order valence-corrected chi connectivity index (χ1v) is 16.4. The third-order valence-electron chi connectivity index (χ3n) is 7.70. The van der Waals surface area contributed by atoms with Crippen LogP contribution >= 0.6 is 11.3 Å². The van der Waals surface area contributed by atoms with Crippen molar-refractivity contribution in [3.63, 3.8) is 0 Å². The van der Waals surface area contributed by atoms with Gasteiger partial charge in [0.1, 0.15) is 6.07 Å². The van der Waals surface area contributed by atoms with Gasteiger partial charge in [0.25, 0.3) is 10.0 Å². The molecule has 1 atom stereocenters. The van der Waals surface area contributed by atoms with Gasteiger partial charge in [-0.3, -0.25) is 0 Å². The zero-order valence-electron chi connectivity index (χ0n) is 24.9. The molecule has 0 aliphatic carbocycles. The minimum atomic E-state index is -4.01. The summed E-state index contributed by atoms with van der Waals surface area (Å²) in [6.07, 6.45) is 3.40. The van der Waals surface area contributed by atoms with E-state index in [2.05, 4.69) is 66.8 Å². The number of allylic oxidation sites excluding steroid dienone is 1. The van der Waals surface area contributed by atoms with Crippen LogP contribution in [0.1, 0.15) is 72.6 Å². The van der Waals surface area contributed by atoms with Crippen LogP contribution in [0.15, 0.2) is 53.4 Å². The molecule has 1 N–H and O–H groups in total. The normalized spacial score (nSPS) is 14.2. The number of nitriles is 1. The first kappa shape index (κ1) is 31.8. The lowest BCUT2D eigenvalue weighted by molar-refractivity contribution is -0.0275. The number of thiophene rings is 1. The topological polar surface area (TPSA) is 82.4 Å². The summed E-state index contributed by atoms with van der Waals surface area (Å²) in [7, 11) is -4.01. The van der Waals surface area contributed by atoms with Crippen LogP contribution in [0.4, 0.5) is 5.69 Å². The molecule has 0 fully saturated rings. The van der Waals surface area contributed by atoms with Gasteiger partial charge in [-0.1, -0.05) is 32.0 Å². The molecule has 3 aromatic rings. The van der Waals surface area contributed by atoms with Crippen molar-refractivity contribution in [2.45, 2.75) is 78.9 Å². The Kier molecular flexibility index (Phi) is 10.6. The molecule has 0 radical (unpaired) electrons. The lowest BCUT2D eigenvalue weighted by Crippen LogP contribution is -2.46. The highest BCUT2D eigenvalue weighted by molar-refractivity contribution is 7.93. The Morgan fingerprint density at radius 3 is 2.30 bits per heavy atom. The number of ether oxygens (including phenoxy) is 1. The molecule has 1 unspecified atom stereocenters. The monoisotopic (exact) mass is 581 g/mol. The SMILES string of the molecule is CCN(CC)c1ccc2cc(-c3ccc(C=C(C#N)S(=O)(=O)NC(C)(CC)CCOC(C)(C)CC)s3)ccc2c1.